The van der Waals surface area contributed by atoms with Gasteiger partial charge in [0.1, 0.15) is 11.4 Å². The van der Waals surface area contributed by atoms with Gasteiger partial charge in [0, 0.05) is 0 Å². The fourth-order valence-corrected chi connectivity index (χ4v) is 1.80. The van der Waals surface area contributed by atoms with Gasteiger partial charge in [-0.05, 0) is 31.5 Å². The summed E-state index contributed by atoms with van der Waals surface area (Å²) in [5, 5.41) is 0. The molecule has 15 heavy (non-hydrogen) atoms. The molecule has 0 radical (unpaired) electrons. The monoisotopic (exact) mass is 202 g/mol. The number of ether oxygens (including phenoxy) is 1. The molecule has 0 aliphatic carbocycles. The Balaban J connectivity index is 2.51. The molecular weight excluding hydrogens is 188 g/mol. The molecule has 0 fully saturated rings. The largest absolute Gasteiger partial charge is 0.487 e. The van der Waals surface area contributed by atoms with Gasteiger partial charge in [-0.2, -0.15) is 0 Å². The van der Waals surface area contributed by atoms with Crippen LogP contribution < -0.4 is 4.74 Å². The van der Waals surface area contributed by atoms with Gasteiger partial charge >= 0.3 is 0 Å². The zero-order valence-corrected chi connectivity index (χ0v) is 9.04. The Labute approximate surface area is 89.6 Å². The van der Waals surface area contributed by atoms with Gasteiger partial charge < -0.3 is 4.74 Å². The second kappa shape index (κ2) is 3.23. The first kappa shape index (κ1) is 9.97. The Morgan fingerprint density at radius 3 is 2.87 bits per heavy atom. The van der Waals surface area contributed by atoms with Gasteiger partial charge in [0.15, 0.2) is 5.78 Å². The summed E-state index contributed by atoms with van der Waals surface area (Å²) in [6.45, 7) is 7.54. The van der Waals surface area contributed by atoms with Crippen LogP contribution in [-0.4, -0.2) is 11.4 Å². The smallest absolute Gasteiger partial charge is 0.170 e. The van der Waals surface area contributed by atoms with Crippen molar-refractivity contribution < 1.29 is 9.53 Å². The lowest BCUT2D eigenvalue weighted by Crippen LogP contribution is -2.35. The first-order valence-electron chi connectivity index (χ1n) is 5.00. The van der Waals surface area contributed by atoms with E-state index in [2.05, 4.69) is 6.58 Å². The first-order chi connectivity index (χ1) is 7.02. The molecule has 1 aliphatic heterocycles. The highest BCUT2D eigenvalue weighted by atomic mass is 16.5. The van der Waals surface area contributed by atoms with Crippen molar-refractivity contribution in [3.05, 3.63) is 35.9 Å². The predicted octanol–water partition coefficient (Wildman–Crippen LogP) is 3.07. The lowest BCUT2D eigenvalue weighted by Gasteiger charge is -2.31. The van der Waals surface area contributed by atoms with E-state index >= 15 is 0 Å². The summed E-state index contributed by atoms with van der Waals surface area (Å²) < 4.78 is 5.76. The van der Waals surface area contributed by atoms with Crippen molar-refractivity contribution in [2.24, 2.45) is 0 Å². The molecule has 0 N–H and O–H groups in total. The average molecular weight is 202 g/mol. The number of Topliss-reactive ketones (excluding diaryl/α,β-unsaturated/α-hetero) is 1. The van der Waals surface area contributed by atoms with Crippen LogP contribution in [0.3, 0.4) is 0 Å². The quantitative estimate of drug-likeness (QED) is 0.699. The molecule has 2 heteroatoms. The maximum absolute atomic E-state index is 11.8. The molecule has 0 atom stereocenters. The fraction of sp³-hybridized carbons (Fsp3) is 0.308. The number of rotatable bonds is 1. The molecule has 0 amide bonds. The molecule has 0 unspecified atom stereocenters. The van der Waals surface area contributed by atoms with Crippen LogP contribution in [0.5, 0.6) is 5.75 Å². The minimum absolute atomic E-state index is 0.150. The second-order valence-electron chi connectivity index (χ2n) is 4.42. The van der Waals surface area contributed by atoms with Gasteiger partial charge in [-0.3, -0.25) is 4.79 Å². The van der Waals surface area contributed by atoms with Gasteiger partial charge in [0.05, 0.1) is 12.0 Å². The van der Waals surface area contributed by atoms with Crippen molar-refractivity contribution in [3.8, 4) is 5.75 Å². The molecule has 0 aromatic heterocycles. The van der Waals surface area contributed by atoms with E-state index < -0.39 is 5.60 Å². The van der Waals surface area contributed by atoms with Gasteiger partial charge in [0.25, 0.3) is 0 Å². The predicted molar refractivity (Wildman–Crippen MR) is 60.2 cm³/mol. The van der Waals surface area contributed by atoms with Gasteiger partial charge in [-0.1, -0.05) is 18.7 Å². The summed E-state index contributed by atoms with van der Waals surface area (Å²) in [6.07, 6.45) is 2.18. The molecule has 78 valence electrons. The number of benzene rings is 1. The summed E-state index contributed by atoms with van der Waals surface area (Å²) in [6, 6.07) is 5.55. The molecule has 0 bridgehead atoms. The summed E-state index contributed by atoms with van der Waals surface area (Å²) in [5.74, 6) is 0.825. The molecule has 2 rings (SSSR count). The first-order valence-corrected chi connectivity index (χ1v) is 5.00. The minimum atomic E-state index is -0.399. The Hall–Kier alpha value is -1.57. The molecule has 0 spiro atoms. The second-order valence-corrected chi connectivity index (χ2v) is 4.42. The minimum Gasteiger partial charge on any atom is -0.487 e. The van der Waals surface area contributed by atoms with Crippen molar-refractivity contribution in [1.82, 2.24) is 0 Å². The van der Waals surface area contributed by atoms with Crippen LogP contribution in [-0.2, 0) is 0 Å². The van der Waals surface area contributed by atoms with Crippen LogP contribution in [0, 0.1) is 0 Å². The Bertz CT molecular complexity index is 430. The number of carbonyl (C=O) groups is 1. The Morgan fingerprint density at radius 2 is 2.20 bits per heavy atom. The summed E-state index contributed by atoms with van der Waals surface area (Å²) >= 11 is 0. The van der Waals surface area contributed by atoms with Crippen molar-refractivity contribution in [2.45, 2.75) is 25.9 Å². The highest BCUT2D eigenvalue weighted by molar-refractivity contribution is 6.00. The summed E-state index contributed by atoms with van der Waals surface area (Å²) in [5.41, 5.74) is 1.25. The number of ketones is 1. The molecule has 0 saturated heterocycles. The normalized spacial score (nSPS) is 17.9. The third-order valence-electron chi connectivity index (χ3n) is 2.51. The third kappa shape index (κ3) is 1.80. The summed E-state index contributed by atoms with van der Waals surface area (Å²) in [4.78, 5) is 11.8. The van der Waals surface area contributed by atoms with Crippen molar-refractivity contribution >= 4 is 11.9 Å². The van der Waals surface area contributed by atoms with Crippen molar-refractivity contribution in [3.63, 3.8) is 0 Å². The molecule has 2 nitrogen and oxygen atoms in total. The lowest BCUT2D eigenvalue weighted by molar-refractivity contribution is 0.0620. The number of carbonyl (C=O) groups excluding carboxylic acids is 1. The van der Waals surface area contributed by atoms with E-state index in [1.54, 1.807) is 6.08 Å². The topological polar surface area (TPSA) is 26.3 Å². The molecule has 0 saturated carbocycles. The molecular formula is C13H14O2. The lowest BCUT2D eigenvalue weighted by atomic mass is 9.92. The Morgan fingerprint density at radius 1 is 1.47 bits per heavy atom. The molecule has 1 aromatic carbocycles. The average Bonchev–Trinajstić information content (AvgIpc) is 2.14. The van der Waals surface area contributed by atoms with Crippen LogP contribution in [0.25, 0.3) is 6.08 Å². The highest BCUT2D eigenvalue weighted by Gasteiger charge is 2.32. The van der Waals surface area contributed by atoms with Crippen LogP contribution in [0.4, 0.5) is 0 Å². The van der Waals surface area contributed by atoms with E-state index in [-0.39, 0.29) is 5.78 Å². The van der Waals surface area contributed by atoms with Crippen LogP contribution in [0.1, 0.15) is 36.2 Å². The van der Waals surface area contributed by atoms with Crippen LogP contribution in [0.15, 0.2) is 24.8 Å². The van der Waals surface area contributed by atoms with E-state index in [9.17, 15) is 4.79 Å². The van der Waals surface area contributed by atoms with E-state index in [0.717, 1.165) is 5.56 Å². The van der Waals surface area contributed by atoms with Crippen LogP contribution >= 0.6 is 0 Å². The standard InChI is InChI=1S/C13H14O2/c1-4-9-5-6-10-11(14)8-13(2,3)15-12(10)7-9/h4-7H,1,8H2,2-3H3. The van der Waals surface area contributed by atoms with E-state index in [4.69, 9.17) is 4.74 Å². The van der Waals surface area contributed by atoms with Gasteiger partial charge in [0.2, 0.25) is 0 Å². The van der Waals surface area contributed by atoms with Crippen molar-refractivity contribution in [1.29, 1.82) is 0 Å². The molecule has 1 aliphatic rings. The Kier molecular flexibility index (Phi) is 2.14. The highest BCUT2D eigenvalue weighted by Crippen LogP contribution is 2.33. The molecule has 1 aromatic rings. The fourth-order valence-electron chi connectivity index (χ4n) is 1.80. The van der Waals surface area contributed by atoms with Crippen molar-refractivity contribution in [2.75, 3.05) is 0 Å². The number of hydrogen-bond acceptors (Lipinski definition) is 2. The number of fused-ring (bicyclic) bond motifs is 1. The van der Waals surface area contributed by atoms with Gasteiger partial charge in [-0.15, -0.1) is 0 Å². The van der Waals surface area contributed by atoms with E-state index in [1.807, 2.05) is 32.0 Å². The zero-order valence-electron chi connectivity index (χ0n) is 9.04. The van der Waals surface area contributed by atoms with E-state index in [0.29, 0.717) is 17.7 Å². The summed E-state index contributed by atoms with van der Waals surface area (Å²) in [7, 11) is 0. The number of hydrogen-bond donors (Lipinski definition) is 0. The maximum Gasteiger partial charge on any atom is 0.170 e. The molecule has 1 heterocycles. The van der Waals surface area contributed by atoms with E-state index in [1.165, 1.54) is 0 Å². The van der Waals surface area contributed by atoms with Gasteiger partial charge in [-0.25, -0.2) is 0 Å². The third-order valence-corrected chi connectivity index (χ3v) is 2.51. The zero-order chi connectivity index (χ0) is 11.1. The van der Waals surface area contributed by atoms with Crippen LogP contribution in [0.2, 0.25) is 0 Å². The maximum atomic E-state index is 11.8. The SMILES string of the molecule is C=Cc1ccc2c(c1)OC(C)(C)CC2=O.